The number of aromatic nitrogens is 1. The maximum absolute atomic E-state index is 11.6. The third-order valence-electron chi connectivity index (χ3n) is 2.39. The molecule has 8 nitrogen and oxygen atoms in total. The molecule has 132 valence electrons. The number of pyridine rings is 1. The number of amides is 2. The van der Waals surface area contributed by atoms with Crippen LogP contribution in [0.15, 0.2) is 18.3 Å². The summed E-state index contributed by atoms with van der Waals surface area (Å²) >= 11 is 5.79. The third-order valence-corrected chi connectivity index (χ3v) is 2.70. The maximum Gasteiger partial charge on any atom is 0.407 e. The summed E-state index contributed by atoms with van der Waals surface area (Å²) < 4.78 is 9.80. The summed E-state index contributed by atoms with van der Waals surface area (Å²) in [6.07, 6.45) is 0.773. The van der Waals surface area contributed by atoms with Crippen LogP contribution in [-0.2, 0) is 19.1 Å². The van der Waals surface area contributed by atoms with Crippen LogP contribution < -0.4 is 10.6 Å². The fourth-order valence-electron chi connectivity index (χ4n) is 1.46. The van der Waals surface area contributed by atoms with Crippen molar-refractivity contribution in [2.75, 3.05) is 18.5 Å². The molecule has 0 bridgehead atoms. The number of anilines is 1. The lowest BCUT2D eigenvalue weighted by atomic mass is 10.2. The van der Waals surface area contributed by atoms with Gasteiger partial charge in [0, 0.05) is 12.7 Å². The zero-order valence-corrected chi connectivity index (χ0v) is 14.5. The molecule has 0 saturated heterocycles. The molecule has 0 atom stereocenters. The molecule has 24 heavy (non-hydrogen) atoms. The van der Waals surface area contributed by atoms with Crippen molar-refractivity contribution in [3.63, 3.8) is 0 Å². The SMILES string of the molecule is CC(C)(C)OC(=O)NCCC(=O)OCC(=O)Nc1cccnc1Cl. The summed E-state index contributed by atoms with van der Waals surface area (Å²) in [5.74, 6) is -1.17. The van der Waals surface area contributed by atoms with Crippen LogP contribution in [0.4, 0.5) is 10.5 Å². The Morgan fingerprint density at radius 3 is 2.62 bits per heavy atom. The second-order valence-electron chi connectivity index (χ2n) is 5.73. The monoisotopic (exact) mass is 357 g/mol. The fourth-order valence-corrected chi connectivity index (χ4v) is 1.63. The molecule has 1 rings (SSSR count). The standard InChI is InChI=1S/C15H20ClN3O5/c1-15(2,3)24-14(22)18-8-6-12(21)23-9-11(20)19-10-5-4-7-17-13(10)16/h4-5,7H,6,8-9H2,1-3H3,(H,18,22)(H,19,20). The van der Waals surface area contributed by atoms with Crippen LogP contribution >= 0.6 is 11.6 Å². The summed E-state index contributed by atoms with van der Waals surface area (Å²) in [5, 5.41) is 5.02. The Labute approximate surface area is 144 Å². The highest BCUT2D eigenvalue weighted by molar-refractivity contribution is 6.32. The normalized spacial score (nSPS) is 10.7. The molecule has 2 N–H and O–H groups in total. The van der Waals surface area contributed by atoms with Gasteiger partial charge in [0.2, 0.25) is 0 Å². The molecule has 0 spiro atoms. The Morgan fingerprint density at radius 2 is 2.00 bits per heavy atom. The number of esters is 1. The summed E-state index contributed by atoms with van der Waals surface area (Å²) in [6, 6.07) is 3.18. The average molecular weight is 358 g/mol. The first-order chi connectivity index (χ1) is 11.2. The van der Waals surface area contributed by atoms with Crippen LogP contribution in [0.25, 0.3) is 0 Å². The van der Waals surface area contributed by atoms with Crippen molar-refractivity contribution in [2.24, 2.45) is 0 Å². The van der Waals surface area contributed by atoms with Gasteiger partial charge in [-0.3, -0.25) is 9.59 Å². The predicted octanol–water partition coefficient (Wildman–Crippen LogP) is 2.13. The van der Waals surface area contributed by atoms with Crippen molar-refractivity contribution in [2.45, 2.75) is 32.8 Å². The number of alkyl carbamates (subject to hydrolysis) is 1. The quantitative estimate of drug-likeness (QED) is 0.596. The lowest BCUT2D eigenvalue weighted by Gasteiger charge is -2.19. The van der Waals surface area contributed by atoms with E-state index in [9.17, 15) is 14.4 Å². The van der Waals surface area contributed by atoms with Crippen molar-refractivity contribution in [1.82, 2.24) is 10.3 Å². The van der Waals surface area contributed by atoms with Gasteiger partial charge in [-0.25, -0.2) is 9.78 Å². The van der Waals surface area contributed by atoms with Crippen molar-refractivity contribution in [3.05, 3.63) is 23.5 Å². The van der Waals surface area contributed by atoms with Crippen LogP contribution in [0.3, 0.4) is 0 Å². The number of carbonyl (C=O) groups excluding carboxylic acids is 3. The molecule has 9 heteroatoms. The van der Waals surface area contributed by atoms with Gasteiger partial charge in [-0.15, -0.1) is 0 Å². The minimum atomic E-state index is -0.626. The molecular formula is C15H20ClN3O5. The number of hydrogen-bond donors (Lipinski definition) is 2. The molecule has 0 aliphatic rings. The van der Waals surface area contributed by atoms with E-state index in [0.717, 1.165) is 0 Å². The van der Waals surface area contributed by atoms with Crippen LogP contribution in [0.5, 0.6) is 0 Å². The number of hydrogen-bond acceptors (Lipinski definition) is 6. The highest BCUT2D eigenvalue weighted by Gasteiger charge is 2.16. The molecule has 1 aromatic rings. The van der Waals surface area contributed by atoms with E-state index in [-0.39, 0.29) is 18.1 Å². The second-order valence-corrected chi connectivity index (χ2v) is 6.09. The Hall–Kier alpha value is -2.35. The van der Waals surface area contributed by atoms with Crippen molar-refractivity contribution < 1.29 is 23.9 Å². The summed E-state index contributed by atoms with van der Waals surface area (Å²) in [7, 11) is 0. The van der Waals surface area contributed by atoms with Gasteiger partial charge in [0.05, 0.1) is 12.1 Å². The largest absolute Gasteiger partial charge is 0.456 e. The molecule has 2 amide bonds. The Kier molecular flexibility index (Phi) is 7.44. The topological polar surface area (TPSA) is 107 Å². The Balaban J connectivity index is 2.23. The van der Waals surface area contributed by atoms with E-state index < -0.39 is 30.2 Å². The van der Waals surface area contributed by atoms with Gasteiger partial charge in [-0.05, 0) is 32.9 Å². The van der Waals surface area contributed by atoms with Gasteiger partial charge >= 0.3 is 12.1 Å². The maximum atomic E-state index is 11.6. The van der Waals surface area contributed by atoms with Gasteiger partial charge < -0.3 is 20.1 Å². The molecule has 0 unspecified atom stereocenters. The second kappa shape index (κ2) is 9.07. The minimum absolute atomic E-state index is 0.0454. The van der Waals surface area contributed by atoms with E-state index in [0.29, 0.717) is 5.69 Å². The van der Waals surface area contributed by atoms with Crippen molar-refractivity contribution in [3.8, 4) is 0 Å². The molecule has 0 aliphatic heterocycles. The van der Waals surface area contributed by atoms with Crippen LogP contribution in [0.1, 0.15) is 27.2 Å². The van der Waals surface area contributed by atoms with Gasteiger partial charge in [-0.2, -0.15) is 0 Å². The molecule has 1 aromatic heterocycles. The fraction of sp³-hybridized carbons (Fsp3) is 0.467. The number of ether oxygens (including phenoxy) is 2. The number of rotatable bonds is 6. The molecule has 1 heterocycles. The van der Waals surface area contributed by atoms with E-state index >= 15 is 0 Å². The summed E-state index contributed by atoms with van der Waals surface area (Å²) in [4.78, 5) is 38.3. The highest BCUT2D eigenvalue weighted by Crippen LogP contribution is 2.17. The molecule has 0 saturated carbocycles. The van der Waals surface area contributed by atoms with E-state index in [1.54, 1.807) is 32.9 Å². The number of carbonyl (C=O) groups is 3. The van der Waals surface area contributed by atoms with E-state index in [1.165, 1.54) is 6.20 Å². The number of nitrogens with one attached hydrogen (secondary N) is 2. The average Bonchev–Trinajstić information content (AvgIpc) is 2.45. The van der Waals surface area contributed by atoms with E-state index in [2.05, 4.69) is 15.6 Å². The van der Waals surface area contributed by atoms with Crippen molar-refractivity contribution in [1.29, 1.82) is 0 Å². The minimum Gasteiger partial charge on any atom is -0.456 e. The molecule has 0 fully saturated rings. The zero-order valence-electron chi connectivity index (χ0n) is 13.7. The first-order valence-electron chi connectivity index (χ1n) is 7.20. The lowest BCUT2D eigenvalue weighted by Crippen LogP contribution is -2.34. The van der Waals surface area contributed by atoms with Gasteiger partial charge in [0.1, 0.15) is 5.60 Å². The first-order valence-corrected chi connectivity index (χ1v) is 7.58. The van der Waals surface area contributed by atoms with Crippen LogP contribution in [0, 0.1) is 0 Å². The number of nitrogens with zero attached hydrogens (tertiary/aromatic N) is 1. The summed E-state index contributed by atoms with van der Waals surface area (Å²) in [5.41, 5.74) is -0.289. The molecule has 0 aromatic carbocycles. The van der Waals surface area contributed by atoms with Gasteiger partial charge in [-0.1, -0.05) is 11.6 Å². The van der Waals surface area contributed by atoms with E-state index in [1.807, 2.05) is 0 Å². The first kappa shape index (κ1) is 19.7. The third kappa shape index (κ3) is 8.33. The lowest BCUT2D eigenvalue weighted by molar-refractivity contribution is -0.147. The highest BCUT2D eigenvalue weighted by atomic mass is 35.5. The van der Waals surface area contributed by atoms with Crippen molar-refractivity contribution >= 4 is 35.3 Å². The smallest absolute Gasteiger partial charge is 0.407 e. The molecule has 0 aliphatic carbocycles. The van der Waals surface area contributed by atoms with E-state index in [4.69, 9.17) is 21.1 Å². The van der Waals surface area contributed by atoms with Crippen LogP contribution in [-0.4, -0.2) is 41.7 Å². The predicted molar refractivity (Wildman–Crippen MR) is 87.7 cm³/mol. The Bertz CT molecular complexity index is 601. The summed E-state index contributed by atoms with van der Waals surface area (Å²) in [6.45, 7) is 4.77. The Morgan fingerprint density at radius 1 is 1.29 bits per heavy atom. The van der Waals surface area contributed by atoms with Gasteiger partial charge in [0.15, 0.2) is 11.8 Å². The molecule has 0 radical (unpaired) electrons. The van der Waals surface area contributed by atoms with Gasteiger partial charge in [0.25, 0.3) is 5.91 Å². The number of halogens is 1. The molecular weight excluding hydrogens is 338 g/mol. The zero-order chi connectivity index (χ0) is 18.2. The van der Waals surface area contributed by atoms with Crippen LogP contribution in [0.2, 0.25) is 5.15 Å².